The van der Waals surface area contributed by atoms with Gasteiger partial charge in [-0.25, -0.2) is 22.1 Å². The molecule has 0 fully saturated rings. The number of aryl methyl sites for hydroxylation is 1. The summed E-state index contributed by atoms with van der Waals surface area (Å²) in [6.07, 6.45) is 4.11. The quantitative estimate of drug-likeness (QED) is 0.268. The van der Waals surface area contributed by atoms with E-state index in [-0.39, 0.29) is 30.6 Å². The number of hydrogen-bond donors (Lipinski definition) is 2. The summed E-state index contributed by atoms with van der Waals surface area (Å²) in [5.74, 6) is -5.31. The predicted molar refractivity (Wildman–Crippen MR) is 94.2 cm³/mol. The van der Waals surface area contributed by atoms with Crippen LogP contribution >= 0.6 is 0 Å². The van der Waals surface area contributed by atoms with Crippen LogP contribution in [0.5, 0.6) is 0 Å². The Balaban J connectivity index is 1.94. The molecule has 11 heteroatoms. The van der Waals surface area contributed by atoms with E-state index in [4.69, 9.17) is 4.55 Å². The Morgan fingerprint density at radius 3 is 2.50 bits per heavy atom. The number of nitrogens with one attached hydrogen (secondary N) is 1. The number of fused-ring (bicyclic) bond motifs is 1. The van der Waals surface area contributed by atoms with Crippen LogP contribution in [0.15, 0.2) is 30.7 Å². The normalized spacial score (nSPS) is 12.3. The SMILES string of the molecule is O=C(c1cc2nccnc2cn1)c1c(F)c(F)cc(CCCNS(=O)O)c1F. The molecule has 146 valence electrons. The van der Waals surface area contributed by atoms with Crippen molar-refractivity contribution in [3.05, 3.63) is 65.0 Å². The molecular formula is C17H13F3N4O3S. The first-order chi connectivity index (χ1) is 13.4. The average molecular weight is 410 g/mol. The first-order valence-corrected chi connectivity index (χ1v) is 9.11. The molecule has 0 aliphatic carbocycles. The Bertz CT molecular complexity index is 1080. The van der Waals surface area contributed by atoms with Crippen LogP contribution in [0, 0.1) is 17.5 Å². The van der Waals surface area contributed by atoms with Crippen molar-refractivity contribution in [2.24, 2.45) is 0 Å². The summed E-state index contributed by atoms with van der Waals surface area (Å²) in [6.45, 7) is 0.0374. The molecule has 1 atom stereocenters. The zero-order valence-corrected chi connectivity index (χ0v) is 15.0. The van der Waals surface area contributed by atoms with Gasteiger partial charge in [0.25, 0.3) is 0 Å². The van der Waals surface area contributed by atoms with Gasteiger partial charge in [0.1, 0.15) is 17.0 Å². The van der Waals surface area contributed by atoms with Crippen LogP contribution in [0.1, 0.15) is 28.0 Å². The number of halogens is 3. The number of rotatable bonds is 7. The summed E-state index contributed by atoms with van der Waals surface area (Å²) >= 11 is -2.24. The van der Waals surface area contributed by atoms with Gasteiger partial charge >= 0.3 is 0 Å². The smallest absolute Gasteiger partial charge is 0.231 e. The van der Waals surface area contributed by atoms with E-state index in [9.17, 15) is 22.2 Å². The molecule has 28 heavy (non-hydrogen) atoms. The summed E-state index contributed by atoms with van der Waals surface area (Å²) in [5.41, 5.74) is -0.910. The fraction of sp³-hybridized carbons (Fsp3) is 0.176. The van der Waals surface area contributed by atoms with E-state index in [0.29, 0.717) is 17.1 Å². The number of benzene rings is 1. The lowest BCUT2D eigenvalue weighted by Gasteiger charge is -2.10. The van der Waals surface area contributed by atoms with Crippen LogP contribution in [-0.4, -0.2) is 36.0 Å². The molecule has 0 spiro atoms. The van der Waals surface area contributed by atoms with Gasteiger partial charge in [-0.2, -0.15) is 0 Å². The van der Waals surface area contributed by atoms with Crippen molar-refractivity contribution in [3.8, 4) is 0 Å². The van der Waals surface area contributed by atoms with Crippen molar-refractivity contribution >= 4 is 28.1 Å². The second-order valence-corrected chi connectivity index (χ2v) is 6.50. The molecule has 2 N–H and O–H groups in total. The molecule has 0 bridgehead atoms. The Morgan fingerprint density at radius 1 is 1.07 bits per heavy atom. The van der Waals surface area contributed by atoms with Crippen molar-refractivity contribution < 1.29 is 26.7 Å². The lowest BCUT2D eigenvalue weighted by molar-refractivity contribution is 0.102. The van der Waals surface area contributed by atoms with Gasteiger partial charge in [0.05, 0.1) is 17.3 Å². The maximum Gasteiger partial charge on any atom is 0.231 e. The molecule has 0 saturated carbocycles. The molecule has 0 aliphatic rings. The van der Waals surface area contributed by atoms with Gasteiger partial charge in [-0.15, -0.1) is 0 Å². The molecule has 0 saturated heterocycles. The van der Waals surface area contributed by atoms with Crippen molar-refractivity contribution in [1.82, 2.24) is 19.7 Å². The minimum Gasteiger partial charge on any atom is -0.294 e. The molecule has 0 amide bonds. The van der Waals surface area contributed by atoms with E-state index in [1.54, 1.807) is 0 Å². The van der Waals surface area contributed by atoms with Crippen molar-refractivity contribution in [2.45, 2.75) is 12.8 Å². The van der Waals surface area contributed by atoms with Crippen LogP contribution in [0.4, 0.5) is 13.2 Å². The number of pyridine rings is 1. The third-order valence-electron chi connectivity index (χ3n) is 3.90. The van der Waals surface area contributed by atoms with Gasteiger partial charge in [0.2, 0.25) is 17.0 Å². The van der Waals surface area contributed by atoms with Crippen LogP contribution in [-0.2, 0) is 17.7 Å². The summed E-state index contributed by atoms with van der Waals surface area (Å²) in [7, 11) is 0. The first kappa shape index (κ1) is 20.0. The van der Waals surface area contributed by atoms with Gasteiger partial charge in [-0.05, 0) is 30.5 Å². The second kappa shape index (κ2) is 8.50. The molecule has 3 rings (SSSR count). The second-order valence-electron chi connectivity index (χ2n) is 5.71. The summed E-state index contributed by atoms with van der Waals surface area (Å²) in [4.78, 5) is 24.4. The third-order valence-corrected chi connectivity index (χ3v) is 4.35. The van der Waals surface area contributed by atoms with Gasteiger partial charge in [-0.3, -0.25) is 24.3 Å². The summed E-state index contributed by atoms with van der Waals surface area (Å²) < 4.78 is 64.2. The first-order valence-electron chi connectivity index (χ1n) is 8.00. The van der Waals surface area contributed by atoms with E-state index in [2.05, 4.69) is 19.7 Å². The van der Waals surface area contributed by atoms with Crippen molar-refractivity contribution in [2.75, 3.05) is 6.54 Å². The Hall–Kier alpha value is -2.76. The molecular weight excluding hydrogens is 397 g/mol. The topological polar surface area (TPSA) is 105 Å². The predicted octanol–water partition coefficient (Wildman–Crippen LogP) is 2.33. The lowest BCUT2D eigenvalue weighted by Crippen LogP contribution is -2.18. The van der Waals surface area contributed by atoms with Crippen LogP contribution in [0.3, 0.4) is 0 Å². The monoisotopic (exact) mass is 410 g/mol. The van der Waals surface area contributed by atoms with Gasteiger partial charge < -0.3 is 0 Å². The third kappa shape index (κ3) is 4.21. The van der Waals surface area contributed by atoms with Crippen molar-refractivity contribution in [1.29, 1.82) is 0 Å². The molecule has 2 aromatic heterocycles. The molecule has 1 unspecified atom stereocenters. The molecule has 1 aromatic carbocycles. The zero-order chi connectivity index (χ0) is 20.3. The maximum atomic E-state index is 14.7. The highest BCUT2D eigenvalue weighted by molar-refractivity contribution is 7.77. The Labute approximate surface area is 159 Å². The lowest BCUT2D eigenvalue weighted by atomic mass is 9.99. The average Bonchev–Trinajstić information content (AvgIpc) is 2.68. The van der Waals surface area contributed by atoms with Crippen LogP contribution < -0.4 is 4.72 Å². The zero-order valence-electron chi connectivity index (χ0n) is 14.2. The molecule has 2 heterocycles. The Kier molecular flexibility index (Phi) is 6.07. The van der Waals surface area contributed by atoms with Gasteiger partial charge in [-0.1, -0.05) is 0 Å². The minimum atomic E-state index is -2.24. The van der Waals surface area contributed by atoms with E-state index >= 15 is 0 Å². The fourth-order valence-electron chi connectivity index (χ4n) is 2.60. The molecule has 0 aliphatic heterocycles. The number of hydrogen-bond acceptors (Lipinski definition) is 5. The highest BCUT2D eigenvalue weighted by atomic mass is 32.2. The van der Waals surface area contributed by atoms with Gasteiger partial charge in [0.15, 0.2) is 11.6 Å². The largest absolute Gasteiger partial charge is 0.294 e. The maximum absolute atomic E-state index is 14.7. The molecule has 0 radical (unpaired) electrons. The number of aromatic nitrogens is 3. The highest BCUT2D eigenvalue weighted by Crippen LogP contribution is 2.24. The van der Waals surface area contributed by atoms with E-state index < -0.39 is 40.1 Å². The van der Waals surface area contributed by atoms with Gasteiger partial charge in [0, 0.05) is 18.9 Å². The number of nitrogens with zero attached hydrogens (tertiary/aromatic N) is 3. The number of carbonyl (C=O) groups is 1. The number of carbonyl (C=O) groups excluding carboxylic acids is 1. The summed E-state index contributed by atoms with van der Waals surface area (Å²) in [6, 6.07) is 1.88. The van der Waals surface area contributed by atoms with E-state index in [1.807, 2.05) is 0 Å². The number of ketones is 1. The van der Waals surface area contributed by atoms with Crippen LogP contribution in [0.2, 0.25) is 0 Å². The molecule has 3 aromatic rings. The summed E-state index contributed by atoms with van der Waals surface area (Å²) in [5, 5.41) is 0. The van der Waals surface area contributed by atoms with E-state index in [0.717, 1.165) is 0 Å². The van der Waals surface area contributed by atoms with E-state index in [1.165, 1.54) is 24.7 Å². The standard InChI is InChI=1S/C17H13F3N4O3S/c18-10-6-9(2-1-3-24-28(26)27)15(19)14(16(10)20)17(25)12-7-11-13(8-23-12)22-5-4-21-11/h4-8,24H,1-3H2,(H,26,27). The Morgan fingerprint density at radius 2 is 1.79 bits per heavy atom. The highest BCUT2D eigenvalue weighted by Gasteiger charge is 2.26. The van der Waals surface area contributed by atoms with Crippen molar-refractivity contribution in [3.63, 3.8) is 0 Å². The van der Waals surface area contributed by atoms with Crippen LogP contribution in [0.25, 0.3) is 11.0 Å². The molecule has 7 nitrogen and oxygen atoms in total. The minimum absolute atomic E-state index is 0.0374. The fourth-order valence-corrected chi connectivity index (χ4v) is 2.91.